The minimum absolute atomic E-state index is 0.0403. The Morgan fingerprint density at radius 3 is 2.36 bits per heavy atom. The van der Waals surface area contributed by atoms with Crippen molar-refractivity contribution < 1.29 is 14.4 Å². The zero-order valence-corrected chi connectivity index (χ0v) is 14.7. The molecule has 25 heavy (non-hydrogen) atoms. The predicted octanol–water partition coefficient (Wildman–Crippen LogP) is 2.66. The van der Waals surface area contributed by atoms with Crippen LogP contribution in [0, 0.1) is 37.5 Å². The summed E-state index contributed by atoms with van der Waals surface area (Å²) in [5.74, 6) is 0.332. The molecule has 0 aromatic heterocycles. The Hall–Kier alpha value is -2.17. The summed E-state index contributed by atoms with van der Waals surface area (Å²) in [7, 11) is 0. The summed E-state index contributed by atoms with van der Waals surface area (Å²) in [6.07, 6.45) is 3.34. The molecule has 4 rings (SSSR count). The fourth-order valence-electron chi connectivity index (χ4n) is 5.07. The van der Waals surface area contributed by atoms with Crippen LogP contribution >= 0.6 is 0 Å². The van der Waals surface area contributed by atoms with E-state index in [0.717, 1.165) is 36.1 Å². The number of hydrogen-bond acceptors (Lipinski definition) is 3. The van der Waals surface area contributed by atoms with Gasteiger partial charge in [-0.15, -0.1) is 0 Å². The number of fused-ring (bicyclic) bond motifs is 5. The van der Waals surface area contributed by atoms with E-state index in [1.807, 2.05) is 32.0 Å². The standard InChI is InChI=1S/C20H24N2O3/c1-11-3-6-15(12(2)9-11)21-16(23)7-8-22-19(24)17-13-4-5-14(10-13)18(17)20(22)25/h3,6,9,13-14,17-18H,4-5,7-8,10H2,1-2H3,(H,21,23)/t13-,14+,17-,18-/m0/s1. The second-order valence-corrected chi connectivity index (χ2v) is 7.83. The molecular formula is C20H24N2O3. The SMILES string of the molecule is Cc1ccc(NC(=O)CCN2C(=O)[C@H]3[C@@H]4CC[C@@H](C4)[C@@H]3C2=O)c(C)c1. The minimum Gasteiger partial charge on any atom is -0.326 e. The first-order valence-electron chi connectivity index (χ1n) is 9.18. The summed E-state index contributed by atoms with van der Waals surface area (Å²) < 4.78 is 0. The predicted molar refractivity (Wildman–Crippen MR) is 93.7 cm³/mol. The maximum Gasteiger partial charge on any atom is 0.233 e. The van der Waals surface area contributed by atoms with Gasteiger partial charge < -0.3 is 5.32 Å². The van der Waals surface area contributed by atoms with Gasteiger partial charge in [-0.25, -0.2) is 0 Å². The van der Waals surface area contributed by atoms with Crippen molar-refractivity contribution in [3.05, 3.63) is 29.3 Å². The topological polar surface area (TPSA) is 66.5 Å². The summed E-state index contributed by atoms with van der Waals surface area (Å²) in [6.45, 7) is 4.15. The number of nitrogens with zero attached hydrogens (tertiary/aromatic N) is 1. The van der Waals surface area contributed by atoms with Crippen LogP contribution in [-0.4, -0.2) is 29.2 Å². The summed E-state index contributed by atoms with van der Waals surface area (Å²) in [5, 5.41) is 2.88. The van der Waals surface area contributed by atoms with Gasteiger partial charge in [-0.2, -0.15) is 0 Å². The highest BCUT2D eigenvalue weighted by atomic mass is 16.2. The fourth-order valence-corrected chi connectivity index (χ4v) is 5.07. The number of imide groups is 1. The number of likely N-dealkylation sites (tertiary alicyclic amines) is 1. The van der Waals surface area contributed by atoms with Crippen molar-refractivity contribution in [1.29, 1.82) is 0 Å². The zero-order chi connectivity index (χ0) is 17.7. The van der Waals surface area contributed by atoms with Crippen molar-refractivity contribution in [2.24, 2.45) is 23.7 Å². The molecule has 2 bridgehead atoms. The lowest BCUT2D eigenvalue weighted by atomic mass is 9.81. The Morgan fingerprint density at radius 1 is 1.12 bits per heavy atom. The Balaban J connectivity index is 1.37. The number of nitrogens with one attached hydrogen (secondary N) is 1. The Morgan fingerprint density at radius 2 is 1.76 bits per heavy atom. The molecule has 1 N–H and O–H groups in total. The third-order valence-corrected chi connectivity index (χ3v) is 6.24. The van der Waals surface area contributed by atoms with Crippen LogP contribution in [0.15, 0.2) is 18.2 Å². The molecule has 2 saturated carbocycles. The van der Waals surface area contributed by atoms with E-state index < -0.39 is 0 Å². The number of rotatable bonds is 4. The average Bonchev–Trinajstić information content (AvgIpc) is 3.23. The first kappa shape index (κ1) is 16.3. The van der Waals surface area contributed by atoms with E-state index in [1.54, 1.807) is 0 Å². The lowest BCUT2D eigenvalue weighted by Crippen LogP contribution is -2.35. The van der Waals surface area contributed by atoms with Gasteiger partial charge in [0.15, 0.2) is 0 Å². The monoisotopic (exact) mass is 340 g/mol. The van der Waals surface area contributed by atoms with Gasteiger partial charge in [0.25, 0.3) is 0 Å². The molecule has 1 heterocycles. The van der Waals surface area contributed by atoms with Gasteiger partial charge in [0.1, 0.15) is 0 Å². The maximum absolute atomic E-state index is 12.6. The third-order valence-electron chi connectivity index (χ3n) is 6.24. The average molecular weight is 340 g/mol. The van der Waals surface area contributed by atoms with Crippen molar-refractivity contribution >= 4 is 23.4 Å². The Kier molecular flexibility index (Phi) is 3.89. The molecular weight excluding hydrogens is 316 g/mol. The number of carbonyl (C=O) groups excluding carboxylic acids is 3. The van der Waals surface area contributed by atoms with E-state index in [4.69, 9.17) is 0 Å². The van der Waals surface area contributed by atoms with E-state index in [1.165, 1.54) is 4.90 Å². The van der Waals surface area contributed by atoms with E-state index in [9.17, 15) is 14.4 Å². The summed E-state index contributed by atoms with van der Waals surface area (Å²) in [6, 6.07) is 5.85. The molecule has 132 valence electrons. The quantitative estimate of drug-likeness (QED) is 0.857. The molecule has 1 saturated heterocycles. The lowest BCUT2D eigenvalue weighted by Gasteiger charge is -2.19. The van der Waals surface area contributed by atoms with E-state index in [-0.39, 0.29) is 42.5 Å². The van der Waals surface area contributed by atoms with Crippen LogP contribution in [0.2, 0.25) is 0 Å². The number of anilines is 1. The normalized spacial score (nSPS) is 30.1. The molecule has 3 aliphatic rings. The largest absolute Gasteiger partial charge is 0.326 e. The number of carbonyl (C=O) groups is 3. The molecule has 5 nitrogen and oxygen atoms in total. The zero-order valence-electron chi connectivity index (χ0n) is 14.7. The van der Waals surface area contributed by atoms with Gasteiger partial charge in [-0.05, 0) is 56.6 Å². The van der Waals surface area contributed by atoms with Crippen LogP contribution in [0.3, 0.4) is 0 Å². The molecule has 0 unspecified atom stereocenters. The molecule has 2 aliphatic carbocycles. The molecule has 0 radical (unpaired) electrons. The highest BCUT2D eigenvalue weighted by Gasteiger charge is 2.60. The van der Waals surface area contributed by atoms with Crippen LogP contribution < -0.4 is 5.32 Å². The second kappa shape index (κ2) is 5.97. The van der Waals surface area contributed by atoms with Crippen molar-refractivity contribution in [2.75, 3.05) is 11.9 Å². The van der Waals surface area contributed by atoms with Crippen molar-refractivity contribution in [3.8, 4) is 0 Å². The second-order valence-electron chi connectivity index (χ2n) is 7.83. The van der Waals surface area contributed by atoms with Gasteiger partial charge in [0.05, 0.1) is 11.8 Å². The molecule has 3 fully saturated rings. The molecule has 5 heteroatoms. The lowest BCUT2D eigenvalue weighted by molar-refractivity contribution is -0.140. The van der Waals surface area contributed by atoms with Gasteiger partial charge >= 0.3 is 0 Å². The maximum atomic E-state index is 12.6. The van der Waals surface area contributed by atoms with Crippen LogP contribution in [0.1, 0.15) is 36.8 Å². The number of aryl methyl sites for hydroxylation is 2. The van der Waals surface area contributed by atoms with Gasteiger partial charge in [0.2, 0.25) is 17.7 Å². The molecule has 0 spiro atoms. The highest BCUT2D eigenvalue weighted by molar-refractivity contribution is 6.06. The Bertz CT molecular complexity index is 729. The van der Waals surface area contributed by atoms with Crippen LogP contribution in [0.4, 0.5) is 5.69 Å². The van der Waals surface area contributed by atoms with Gasteiger partial charge in [-0.1, -0.05) is 17.7 Å². The molecule has 4 atom stereocenters. The molecule has 1 aromatic carbocycles. The van der Waals surface area contributed by atoms with E-state index in [2.05, 4.69) is 5.32 Å². The first-order chi connectivity index (χ1) is 12.0. The van der Waals surface area contributed by atoms with Crippen LogP contribution in [-0.2, 0) is 14.4 Å². The fraction of sp³-hybridized carbons (Fsp3) is 0.550. The van der Waals surface area contributed by atoms with Crippen molar-refractivity contribution in [2.45, 2.75) is 39.5 Å². The molecule has 1 aromatic rings. The van der Waals surface area contributed by atoms with Crippen molar-refractivity contribution in [1.82, 2.24) is 4.90 Å². The van der Waals surface area contributed by atoms with Crippen LogP contribution in [0.25, 0.3) is 0 Å². The number of benzene rings is 1. The van der Waals surface area contributed by atoms with E-state index >= 15 is 0 Å². The van der Waals surface area contributed by atoms with Gasteiger partial charge in [-0.3, -0.25) is 19.3 Å². The Labute approximate surface area is 147 Å². The first-order valence-corrected chi connectivity index (χ1v) is 9.18. The number of amides is 3. The minimum atomic E-state index is -0.160. The van der Waals surface area contributed by atoms with E-state index in [0.29, 0.717) is 11.8 Å². The smallest absolute Gasteiger partial charge is 0.233 e. The highest BCUT2D eigenvalue weighted by Crippen LogP contribution is 2.56. The summed E-state index contributed by atoms with van der Waals surface area (Å²) in [4.78, 5) is 38.8. The summed E-state index contributed by atoms with van der Waals surface area (Å²) >= 11 is 0. The summed E-state index contributed by atoms with van der Waals surface area (Å²) in [5.41, 5.74) is 2.93. The van der Waals surface area contributed by atoms with Gasteiger partial charge in [0, 0.05) is 18.7 Å². The molecule has 3 amide bonds. The molecule has 1 aliphatic heterocycles. The number of hydrogen-bond donors (Lipinski definition) is 1. The van der Waals surface area contributed by atoms with Crippen molar-refractivity contribution in [3.63, 3.8) is 0 Å². The van der Waals surface area contributed by atoms with Crippen LogP contribution in [0.5, 0.6) is 0 Å². The third kappa shape index (κ3) is 2.66.